The van der Waals surface area contributed by atoms with Crippen molar-refractivity contribution in [1.82, 2.24) is 4.57 Å². The van der Waals surface area contributed by atoms with Crippen molar-refractivity contribution in [3.05, 3.63) is 28.7 Å². The lowest BCUT2D eigenvalue weighted by atomic mass is 9.93. The highest BCUT2D eigenvalue weighted by molar-refractivity contribution is 5.77. The maximum Gasteiger partial charge on any atom is 0.419 e. The number of fused-ring (bicyclic) bond motifs is 1. The van der Waals surface area contributed by atoms with Gasteiger partial charge in [-0.3, -0.25) is 4.57 Å². The lowest BCUT2D eigenvalue weighted by Crippen LogP contribution is -2.26. The predicted molar refractivity (Wildman–Crippen MR) is 62.7 cm³/mol. The van der Waals surface area contributed by atoms with E-state index in [0.717, 1.165) is 11.2 Å². The Morgan fingerprint density at radius 3 is 2.94 bits per heavy atom. The van der Waals surface area contributed by atoms with Gasteiger partial charge in [0.1, 0.15) is 0 Å². The van der Waals surface area contributed by atoms with Gasteiger partial charge in [-0.05, 0) is 37.5 Å². The molecular weight excluding hydrogens is 204 g/mol. The summed E-state index contributed by atoms with van der Waals surface area (Å²) in [5, 5.41) is 3.45. The highest BCUT2D eigenvalue weighted by Crippen LogP contribution is 2.25. The lowest BCUT2D eigenvalue weighted by molar-refractivity contribution is 0.445. The predicted octanol–water partition coefficient (Wildman–Crippen LogP) is 2.10. The summed E-state index contributed by atoms with van der Waals surface area (Å²) in [6.45, 7) is 0. The van der Waals surface area contributed by atoms with E-state index in [-0.39, 0.29) is 5.76 Å². The third-order valence-corrected chi connectivity index (χ3v) is 3.27. The molecule has 0 spiro atoms. The third kappa shape index (κ3) is 1.41. The highest BCUT2D eigenvalue weighted by Gasteiger charge is 2.17. The average molecular weight is 218 g/mol. The van der Waals surface area contributed by atoms with Crippen LogP contribution in [0, 0.1) is 0 Å². The van der Waals surface area contributed by atoms with Crippen molar-refractivity contribution >= 4 is 16.8 Å². The van der Waals surface area contributed by atoms with E-state index in [1.165, 1.54) is 23.8 Å². The number of nitrogens with one attached hydrogen (secondary N) is 1. The molecular formula is C12H14N2O2. The van der Waals surface area contributed by atoms with Crippen LogP contribution >= 0.6 is 0 Å². The zero-order valence-corrected chi connectivity index (χ0v) is 9.19. The SMILES string of the molecule is Cn1c(=O)oc2ccc(NC3CCC3)cc21. The molecule has 4 heteroatoms. The number of rotatable bonds is 2. The van der Waals surface area contributed by atoms with Crippen molar-refractivity contribution in [2.24, 2.45) is 7.05 Å². The van der Waals surface area contributed by atoms with Crippen LogP contribution in [-0.2, 0) is 7.05 Å². The molecule has 0 unspecified atom stereocenters. The van der Waals surface area contributed by atoms with Crippen molar-refractivity contribution in [3.63, 3.8) is 0 Å². The molecule has 1 N–H and O–H groups in total. The standard InChI is InChI=1S/C12H14N2O2/c1-14-10-7-9(13-8-3-2-4-8)5-6-11(10)16-12(14)15/h5-8,13H,2-4H2,1H3. The molecule has 1 aliphatic rings. The first kappa shape index (κ1) is 9.51. The Hall–Kier alpha value is -1.71. The number of hydrogen-bond donors (Lipinski definition) is 1. The van der Waals surface area contributed by atoms with E-state index >= 15 is 0 Å². The number of oxazole rings is 1. The number of hydrogen-bond acceptors (Lipinski definition) is 3. The van der Waals surface area contributed by atoms with Crippen LogP contribution in [0.3, 0.4) is 0 Å². The van der Waals surface area contributed by atoms with E-state index in [4.69, 9.17) is 4.42 Å². The zero-order valence-electron chi connectivity index (χ0n) is 9.19. The minimum absolute atomic E-state index is 0.309. The molecule has 0 amide bonds. The number of anilines is 1. The van der Waals surface area contributed by atoms with Gasteiger partial charge < -0.3 is 9.73 Å². The largest absolute Gasteiger partial charge is 0.419 e. The Morgan fingerprint density at radius 2 is 2.25 bits per heavy atom. The third-order valence-electron chi connectivity index (χ3n) is 3.27. The summed E-state index contributed by atoms with van der Waals surface area (Å²) >= 11 is 0. The molecule has 0 saturated heterocycles. The van der Waals surface area contributed by atoms with E-state index in [2.05, 4.69) is 5.32 Å². The molecule has 0 atom stereocenters. The lowest BCUT2D eigenvalue weighted by Gasteiger charge is -2.27. The molecule has 4 nitrogen and oxygen atoms in total. The summed E-state index contributed by atoms with van der Waals surface area (Å²) in [7, 11) is 1.72. The van der Waals surface area contributed by atoms with E-state index in [1.807, 2.05) is 18.2 Å². The van der Waals surface area contributed by atoms with Crippen LogP contribution in [0.2, 0.25) is 0 Å². The van der Waals surface area contributed by atoms with Gasteiger partial charge in [-0.1, -0.05) is 0 Å². The van der Waals surface area contributed by atoms with Crippen molar-refractivity contribution in [2.45, 2.75) is 25.3 Å². The molecule has 2 aromatic rings. The van der Waals surface area contributed by atoms with Gasteiger partial charge in [0.05, 0.1) is 5.52 Å². The molecule has 1 saturated carbocycles. The maximum absolute atomic E-state index is 11.3. The van der Waals surface area contributed by atoms with Crippen LogP contribution in [0.4, 0.5) is 5.69 Å². The first-order valence-corrected chi connectivity index (χ1v) is 5.60. The van der Waals surface area contributed by atoms with Gasteiger partial charge >= 0.3 is 5.76 Å². The number of nitrogens with zero attached hydrogens (tertiary/aromatic N) is 1. The second kappa shape index (κ2) is 3.40. The van der Waals surface area contributed by atoms with Gasteiger partial charge in [0.2, 0.25) is 0 Å². The summed E-state index contributed by atoms with van der Waals surface area (Å²) in [5.74, 6) is -0.309. The second-order valence-corrected chi connectivity index (χ2v) is 4.38. The fraction of sp³-hybridized carbons (Fsp3) is 0.417. The van der Waals surface area contributed by atoms with Crippen molar-refractivity contribution in [1.29, 1.82) is 0 Å². The maximum atomic E-state index is 11.3. The molecule has 16 heavy (non-hydrogen) atoms. The zero-order chi connectivity index (χ0) is 11.1. The number of aromatic nitrogens is 1. The van der Waals surface area contributed by atoms with Gasteiger partial charge in [0.25, 0.3) is 0 Å². The number of aryl methyl sites for hydroxylation is 1. The summed E-state index contributed by atoms with van der Waals surface area (Å²) in [6.07, 6.45) is 3.79. The highest BCUT2D eigenvalue weighted by atomic mass is 16.4. The van der Waals surface area contributed by atoms with Crippen LogP contribution in [0.25, 0.3) is 11.1 Å². The molecule has 1 fully saturated rings. The van der Waals surface area contributed by atoms with Gasteiger partial charge in [-0.15, -0.1) is 0 Å². The minimum atomic E-state index is -0.309. The first-order chi connectivity index (χ1) is 7.74. The van der Waals surface area contributed by atoms with Crippen molar-refractivity contribution in [3.8, 4) is 0 Å². The van der Waals surface area contributed by atoms with Gasteiger partial charge in [0.15, 0.2) is 5.58 Å². The van der Waals surface area contributed by atoms with Crippen LogP contribution in [-0.4, -0.2) is 10.6 Å². The topological polar surface area (TPSA) is 47.2 Å². The molecule has 0 bridgehead atoms. The fourth-order valence-electron chi connectivity index (χ4n) is 2.00. The fourth-order valence-corrected chi connectivity index (χ4v) is 2.00. The Labute approximate surface area is 92.9 Å². The Balaban J connectivity index is 2.00. The van der Waals surface area contributed by atoms with Gasteiger partial charge in [-0.25, -0.2) is 4.79 Å². The minimum Gasteiger partial charge on any atom is -0.408 e. The molecule has 0 aliphatic heterocycles. The van der Waals surface area contributed by atoms with Gasteiger partial charge in [-0.2, -0.15) is 0 Å². The van der Waals surface area contributed by atoms with Gasteiger partial charge in [0, 0.05) is 18.8 Å². The van der Waals surface area contributed by atoms with Crippen LogP contribution in [0.5, 0.6) is 0 Å². The molecule has 0 radical (unpaired) electrons. The summed E-state index contributed by atoms with van der Waals surface area (Å²) < 4.78 is 6.61. The molecule has 1 heterocycles. The van der Waals surface area contributed by atoms with Crippen LogP contribution in [0.1, 0.15) is 19.3 Å². The average Bonchev–Trinajstić information content (AvgIpc) is 2.50. The van der Waals surface area contributed by atoms with Crippen LogP contribution < -0.4 is 11.1 Å². The second-order valence-electron chi connectivity index (χ2n) is 4.38. The Kier molecular flexibility index (Phi) is 2.02. The summed E-state index contributed by atoms with van der Waals surface area (Å²) in [4.78, 5) is 11.3. The van der Waals surface area contributed by atoms with Crippen molar-refractivity contribution in [2.75, 3.05) is 5.32 Å². The quantitative estimate of drug-likeness (QED) is 0.839. The van der Waals surface area contributed by atoms with E-state index in [1.54, 1.807) is 7.05 Å². The first-order valence-electron chi connectivity index (χ1n) is 5.60. The Morgan fingerprint density at radius 1 is 1.44 bits per heavy atom. The number of benzene rings is 1. The summed E-state index contributed by atoms with van der Waals surface area (Å²) in [6, 6.07) is 6.38. The van der Waals surface area contributed by atoms with E-state index in [9.17, 15) is 4.79 Å². The van der Waals surface area contributed by atoms with Crippen molar-refractivity contribution < 1.29 is 4.42 Å². The molecule has 84 valence electrons. The van der Waals surface area contributed by atoms with E-state index < -0.39 is 0 Å². The Bertz CT molecular complexity index is 578. The molecule has 3 rings (SSSR count). The smallest absolute Gasteiger partial charge is 0.408 e. The molecule has 1 aromatic heterocycles. The molecule has 1 aromatic carbocycles. The molecule has 1 aliphatic carbocycles. The summed E-state index contributed by atoms with van der Waals surface area (Å²) in [5.41, 5.74) is 2.55. The van der Waals surface area contributed by atoms with E-state index in [0.29, 0.717) is 11.6 Å². The van der Waals surface area contributed by atoms with Crippen LogP contribution in [0.15, 0.2) is 27.4 Å². The normalized spacial score (nSPS) is 16.3. The monoisotopic (exact) mass is 218 g/mol.